The molecule has 7 nitrogen and oxygen atoms in total. The number of rotatable bonds is 15. The number of esters is 1. The van der Waals surface area contributed by atoms with E-state index in [2.05, 4.69) is 13.5 Å². The highest BCUT2D eigenvalue weighted by Gasteiger charge is 2.38. The molecule has 0 heterocycles. The molecule has 168 valence electrons. The molecule has 0 aromatic carbocycles. The lowest BCUT2D eigenvalue weighted by Gasteiger charge is -2.27. The number of hydrogen-bond donors (Lipinski definition) is 0. The summed E-state index contributed by atoms with van der Waals surface area (Å²) in [7, 11) is -1.01. The molecule has 0 spiro atoms. The summed E-state index contributed by atoms with van der Waals surface area (Å²) < 4.78 is 32.5. The van der Waals surface area contributed by atoms with Gasteiger partial charge in [0.15, 0.2) is 0 Å². The topological polar surface area (TPSA) is 72.5 Å². The van der Waals surface area contributed by atoms with E-state index in [0.717, 1.165) is 24.9 Å². The van der Waals surface area contributed by atoms with Crippen molar-refractivity contribution in [2.24, 2.45) is 0 Å². The Morgan fingerprint density at radius 2 is 1.36 bits per heavy atom. The second-order valence-corrected chi connectivity index (χ2v) is 12.6. The Kier molecular flexibility index (Phi) is 18.3. The molecule has 0 atom stereocenters. The van der Waals surface area contributed by atoms with Gasteiger partial charge in [0.05, 0.1) is 6.61 Å². The lowest BCUT2D eigenvalue weighted by Crippen LogP contribution is -2.45. The van der Waals surface area contributed by atoms with Crippen LogP contribution in [0.3, 0.4) is 0 Å². The van der Waals surface area contributed by atoms with Gasteiger partial charge in [-0.15, -0.1) is 0 Å². The van der Waals surface area contributed by atoms with Crippen LogP contribution in [0, 0.1) is 0 Å². The van der Waals surface area contributed by atoms with Gasteiger partial charge in [-0.05, 0) is 46.7 Å². The maximum atomic E-state index is 11.0. The minimum absolute atomic E-state index is 0.340. The Bertz CT molecular complexity index is 386. The molecule has 0 unspecified atom stereocenters. The van der Waals surface area contributed by atoms with Gasteiger partial charge >= 0.3 is 23.3 Å². The molecule has 0 aromatic heterocycles. The zero-order valence-electron chi connectivity index (χ0n) is 19.2. The molecule has 0 saturated carbocycles. The van der Waals surface area contributed by atoms with Crippen molar-refractivity contribution in [3.63, 3.8) is 0 Å². The van der Waals surface area contributed by atoms with Gasteiger partial charge in [-0.2, -0.15) is 0 Å². The fourth-order valence-corrected chi connectivity index (χ4v) is 6.25. The van der Waals surface area contributed by atoms with E-state index in [0.29, 0.717) is 32.0 Å². The normalized spacial score (nSPS) is 11.6. The van der Waals surface area contributed by atoms with Gasteiger partial charge in [0, 0.05) is 45.7 Å². The average molecular weight is 439 g/mol. The van der Waals surface area contributed by atoms with Crippen molar-refractivity contribution in [3.8, 4) is 0 Å². The molecule has 28 heavy (non-hydrogen) atoms. The fourth-order valence-electron chi connectivity index (χ4n) is 2.28. The quantitative estimate of drug-likeness (QED) is 0.163. The standard InChI is InChI=1S/C10H20O4Si.C9H22O3Si/c1-9(2)10(11)14-7-6-8-15(5,12-3)13-4;1-5-9-13(10-6-2,11-7-3)12-8-4/h1,6-8H2,2-5H3;5-9H2,1-4H3. The van der Waals surface area contributed by atoms with Crippen LogP contribution >= 0.6 is 0 Å². The van der Waals surface area contributed by atoms with Crippen LogP contribution in [0.1, 0.15) is 47.5 Å². The van der Waals surface area contributed by atoms with E-state index in [1.807, 2.05) is 27.3 Å². The Labute approximate surface area is 174 Å². The van der Waals surface area contributed by atoms with Gasteiger partial charge in [-0.3, -0.25) is 0 Å². The van der Waals surface area contributed by atoms with E-state index in [4.69, 9.17) is 26.9 Å². The molecule has 0 aliphatic rings. The summed E-state index contributed by atoms with van der Waals surface area (Å²) in [6.45, 7) is 17.6. The maximum Gasteiger partial charge on any atom is 0.500 e. The lowest BCUT2D eigenvalue weighted by molar-refractivity contribution is -0.138. The van der Waals surface area contributed by atoms with Gasteiger partial charge in [-0.25, -0.2) is 4.79 Å². The molecule has 0 aromatic rings. The third-order valence-electron chi connectivity index (χ3n) is 3.87. The second kappa shape index (κ2) is 17.3. The molecule has 0 N–H and O–H groups in total. The predicted molar refractivity (Wildman–Crippen MR) is 117 cm³/mol. The molecule has 0 fully saturated rings. The van der Waals surface area contributed by atoms with Crippen molar-refractivity contribution < 1.29 is 31.7 Å². The van der Waals surface area contributed by atoms with Gasteiger partial charge < -0.3 is 26.9 Å². The lowest BCUT2D eigenvalue weighted by atomic mass is 10.4. The summed E-state index contributed by atoms with van der Waals surface area (Å²) in [5.74, 6) is -0.340. The van der Waals surface area contributed by atoms with Crippen LogP contribution in [-0.2, 0) is 31.7 Å². The first-order valence-electron chi connectivity index (χ1n) is 10.0. The number of ether oxygens (including phenoxy) is 1. The summed E-state index contributed by atoms with van der Waals surface area (Å²) in [4.78, 5) is 11.0. The monoisotopic (exact) mass is 438 g/mol. The third kappa shape index (κ3) is 13.6. The Morgan fingerprint density at radius 3 is 1.68 bits per heavy atom. The molecular weight excluding hydrogens is 396 g/mol. The largest absolute Gasteiger partial charge is 0.500 e. The molecule has 9 heteroatoms. The average Bonchev–Trinajstić information content (AvgIpc) is 2.66. The van der Waals surface area contributed by atoms with Gasteiger partial charge in [-0.1, -0.05) is 19.9 Å². The van der Waals surface area contributed by atoms with E-state index in [1.165, 1.54) is 0 Å². The zero-order valence-corrected chi connectivity index (χ0v) is 21.2. The summed E-state index contributed by atoms with van der Waals surface area (Å²) in [6.07, 6.45) is 1.80. The van der Waals surface area contributed by atoms with Crippen molar-refractivity contribution in [1.82, 2.24) is 0 Å². The Hall–Kier alpha value is -0.556. The Morgan fingerprint density at radius 1 is 0.893 bits per heavy atom. The summed E-state index contributed by atoms with van der Waals surface area (Å²) in [6, 6.07) is 1.73. The molecule has 0 saturated heterocycles. The van der Waals surface area contributed by atoms with E-state index in [1.54, 1.807) is 21.1 Å². The number of carbonyl (C=O) groups excluding carboxylic acids is 1. The summed E-state index contributed by atoms with van der Waals surface area (Å²) >= 11 is 0. The highest BCUT2D eigenvalue weighted by molar-refractivity contribution is 6.65. The van der Waals surface area contributed by atoms with Crippen molar-refractivity contribution in [3.05, 3.63) is 12.2 Å². The minimum Gasteiger partial charge on any atom is -0.462 e. The van der Waals surface area contributed by atoms with E-state index < -0.39 is 17.4 Å². The van der Waals surface area contributed by atoms with Crippen LogP contribution in [0.25, 0.3) is 0 Å². The summed E-state index contributed by atoms with van der Waals surface area (Å²) in [5, 5.41) is 0. The van der Waals surface area contributed by atoms with E-state index in [9.17, 15) is 4.79 Å². The SMILES string of the molecule is C=C(C)C(=O)OCCC[Si](C)(OC)OC.CCC[Si](OCC)(OCC)OCC. The van der Waals surface area contributed by atoms with Gasteiger partial charge in [0.2, 0.25) is 0 Å². The highest BCUT2D eigenvalue weighted by Crippen LogP contribution is 2.17. The predicted octanol–water partition coefficient (Wildman–Crippen LogP) is 4.31. The van der Waals surface area contributed by atoms with Crippen LogP contribution < -0.4 is 0 Å². The first-order chi connectivity index (χ1) is 13.2. The minimum atomic E-state index is -2.30. The van der Waals surface area contributed by atoms with Crippen molar-refractivity contribution in [2.75, 3.05) is 40.6 Å². The van der Waals surface area contributed by atoms with Crippen LogP contribution in [0.2, 0.25) is 18.6 Å². The van der Waals surface area contributed by atoms with E-state index in [-0.39, 0.29) is 5.97 Å². The molecular formula is C19H42O7Si2. The Balaban J connectivity index is 0. The van der Waals surface area contributed by atoms with Crippen LogP contribution in [0.15, 0.2) is 12.2 Å². The fraction of sp³-hybridized carbons (Fsp3) is 0.842. The molecule has 0 aliphatic carbocycles. The van der Waals surface area contributed by atoms with E-state index >= 15 is 0 Å². The number of hydrogen-bond acceptors (Lipinski definition) is 7. The summed E-state index contributed by atoms with van der Waals surface area (Å²) in [5.41, 5.74) is 0.425. The van der Waals surface area contributed by atoms with Crippen LogP contribution in [0.5, 0.6) is 0 Å². The highest BCUT2D eigenvalue weighted by atomic mass is 28.4. The third-order valence-corrected chi connectivity index (χ3v) is 10.2. The zero-order chi connectivity index (χ0) is 22.1. The maximum absolute atomic E-state index is 11.0. The van der Waals surface area contributed by atoms with Crippen molar-refractivity contribution in [2.45, 2.75) is 66.1 Å². The molecule has 0 rings (SSSR count). The van der Waals surface area contributed by atoms with Crippen LogP contribution in [-0.4, -0.2) is 64.0 Å². The van der Waals surface area contributed by atoms with Crippen LogP contribution in [0.4, 0.5) is 0 Å². The molecule has 0 radical (unpaired) electrons. The van der Waals surface area contributed by atoms with Gasteiger partial charge in [0.25, 0.3) is 0 Å². The smallest absolute Gasteiger partial charge is 0.462 e. The van der Waals surface area contributed by atoms with Crippen molar-refractivity contribution >= 4 is 23.3 Å². The van der Waals surface area contributed by atoms with Crippen molar-refractivity contribution in [1.29, 1.82) is 0 Å². The first kappa shape index (κ1) is 29.6. The molecule has 0 bridgehead atoms. The second-order valence-electron chi connectivity index (χ2n) is 6.29. The number of carbonyl (C=O) groups is 1. The molecule has 0 aliphatic heterocycles. The van der Waals surface area contributed by atoms with Gasteiger partial charge in [0.1, 0.15) is 0 Å². The molecule has 0 amide bonds. The first-order valence-corrected chi connectivity index (χ1v) is 14.5.